The van der Waals surface area contributed by atoms with Crippen LogP contribution in [0.3, 0.4) is 0 Å². The van der Waals surface area contributed by atoms with Crippen molar-refractivity contribution in [2.45, 2.75) is 31.9 Å². The van der Waals surface area contributed by atoms with Crippen LogP contribution in [0.1, 0.15) is 40.9 Å². The van der Waals surface area contributed by atoms with Crippen molar-refractivity contribution < 1.29 is 13.2 Å². The Labute approximate surface area is 183 Å². The van der Waals surface area contributed by atoms with Crippen molar-refractivity contribution in [3.63, 3.8) is 0 Å². The smallest absolute Gasteiger partial charge is 0.289 e. The summed E-state index contributed by atoms with van der Waals surface area (Å²) in [4.78, 5) is 17.9. The number of nitrogens with zero attached hydrogens (tertiary/aromatic N) is 1. The third-order valence-corrected chi connectivity index (χ3v) is 6.05. The van der Waals surface area contributed by atoms with Crippen LogP contribution in [0, 0.1) is 0 Å². The highest BCUT2D eigenvalue weighted by molar-refractivity contribution is 5.95. The van der Waals surface area contributed by atoms with Gasteiger partial charge in [0.25, 0.3) is 0 Å². The fraction of sp³-hybridized carbons (Fsp3) is 0.185. The molecule has 160 valence electrons. The Morgan fingerprint density at radius 1 is 0.812 bits per heavy atom. The number of hydrogen-bond donors (Lipinski definition) is 0. The number of aromatic nitrogens is 1. The standard InChI is InChI=1S/C27H20F3NO/c28-27(29,30)24-6-3-5-22-21(24)15-12-18-10-8-17(16-23(18)26(22)32)9-13-20-14-11-19-4-1-2-7-25(19)31-20/h3,5-6,8-16H,1-2,4,7H2. The van der Waals surface area contributed by atoms with E-state index in [1.165, 1.54) is 30.2 Å². The molecule has 0 amide bonds. The van der Waals surface area contributed by atoms with Crippen LogP contribution in [0.5, 0.6) is 0 Å². The second-order valence-corrected chi connectivity index (χ2v) is 8.16. The largest absolute Gasteiger partial charge is 0.417 e. The Hall–Kier alpha value is -3.47. The van der Waals surface area contributed by atoms with E-state index in [0.717, 1.165) is 42.3 Å². The van der Waals surface area contributed by atoms with E-state index in [9.17, 15) is 18.0 Å². The van der Waals surface area contributed by atoms with E-state index in [4.69, 9.17) is 4.98 Å². The Morgan fingerprint density at radius 2 is 1.62 bits per heavy atom. The third kappa shape index (κ3) is 3.79. The summed E-state index contributed by atoms with van der Waals surface area (Å²) < 4.78 is 40.3. The maximum atomic E-state index is 13.4. The molecular formula is C27H20F3NO. The van der Waals surface area contributed by atoms with Gasteiger partial charge in [0.15, 0.2) is 5.43 Å². The summed E-state index contributed by atoms with van der Waals surface area (Å²) in [6.07, 6.45) is 3.69. The molecule has 0 saturated heterocycles. The zero-order chi connectivity index (χ0) is 22.3. The summed E-state index contributed by atoms with van der Waals surface area (Å²) in [6, 6.07) is 16.2. The lowest BCUT2D eigenvalue weighted by Gasteiger charge is -2.14. The highest BCUT2D eigenvalue weighted by atomic mass is 19.4. The topological polar surface area (TPSA) is 30.0 Å². The summed E-state index contributed by atoms with van der Waals surface area (Å²) in [6.45, 7) is 0. The predicted molar refractivity (Wildman–Crippen MR) is 123 cm³/mol. The minimum Gasteiger partial charge on any atom is -0.289 e. The van der Waals surface area contributed by atoms with Crippen molar-refractivity contribution >= 4 is 33.7 Å². The quantitative estimate of drug-likeness (QED) is 0.349. The second-order valence-electron chi connectivity index (χ2n) is 8.16. The number of alkyl halides is 3. The molecule has 0 spiro atoms. The molecule has 0 saturated carbocycles. The van der Waals surface area contributed by atoms with E-state index in [1.54, 1.807) is 18.2 Å². The lowest BCUT2D eigenvalue weighted by Crippen LogP contribution is -2.07. The van der Waals surface area contributed by atoms with Crippen molar-refractivity contribution in [3.05, 3.63) is 99.0 Å². The molecule has 1 heterocycles. The summed E-state index contributed by atoms with van der Waals surface area (Å²) in [5.41, 5.74) is 2.90. The number of fused-ring (bicyclic) bond motifs is 3. The minimum absolute atomic E-state index is 0.0623. The summed E-state index contributed by atoms with van der Waals surface area (Å²) in [7, 11) is 0. The highest BCUT2D eigenvalue weighted by Gasteiger charge is 2.32. The van der Waals surface area contributed by atoms with E-state index >= 15 is 0 Å². The number of hydrogen-bond acceptors (Lipinski definition) is 2. The first kappa shape index (κ1) is 20.4. The molecule has 0 fully saturated rings. The van der Waals surface area contributed by atoms with E-state index < -0.39 is 17.2 Å². The maximum absolute atomic E-state index is 13.4. The van der Waals surface area contributed by atoms with Gasteiger partial charge in [-0.1, -0.05) is 48.5 Å². The van der Waals surface area contributed by atoms with E-state index in [0.29, 0.717) is 10.8 Å². The van der Waals surface area contributed by atoms with Crippen molar-refractivity contribution in [1.82, 2.24) is 4.98 Å². The van der Waals surface area contributed by atoms with Crippen molar-refractivity contribution in [2.75, 3.05) is 0 Å². The average molecular weight is 431 g/mol. The molecular weight excluding hydrogens is 411 g/mol. The minimum atomic E-state index is -4.53. The van der Waals surface area contributed by atoms with Gasteiger partial charge in [-0.05, 0) is 71.9 Å². The Balaban J connectivity index is 1.59. The Morgan fingerprint density at radius 3 is 2.47 bits per heavy atom. The molecule has 1 aliphatic rings. The van der Waals surface area contributed by atoms with Crippen molar-refractivity contribution in [1.29, 1.82) is 0 Å². The van der Waals surface area contributed by atoms with Crippen LogP contribution < -0.4 is 5.43 Å². The van der Waals surface area contributed by atoms with Crippen LogP contribution in [0.25, 0.3) is 33.7 Å². The fourth-order valence-corrected chi connectivity index (χ4v) is 4.40. The molecule has 0 radical (unpaired) electrons. The van der Waals surface area contributed by atoms with Gasteiger partial charge in [-0.2, -0.15) is 13.2 Å². The summed E-state index contributed by atoms with van der Waals surface area (Å²) >= 11 is 0. The monoisotopic (exact) mass is 431 g/mol. The number of rotatable bonds is 2. The maximum Gasteiger partial charge on any atom is 0.417 e. The average Bonchev–Trinajstić information content (AvgIpc) is 2.93. The van der Waals surface area contributed by atoms with Crippen molar-refractivity contribution in [2.24, 2.45) is 0 Å². The molecule has 0 unspecified atom stereocenters. The Bertz CT molecular complexity index is 1440. The van der Waals surface area contributed by atoms with Crippen LogP contribution in [0.15, 0.2) is 65.5 Å². The van der Waals surface area contributed by atoms with Gasteiger partial charge >= 0.3 is 6.18 Å². The van der Waals surface area contributed by atoms with Gasteiger partial charge in [-0.25, -0.2) is 0 Å². The molecule has 0 bridgehead atoms. The van der Waals surface area contributed by atoms with Crippen LogP contribution in [-0.2, 0) is 19.0 Å². The van der Waals surface area contributed by atoms with Crippen LogP contribution in [0.2, 0.25) is 0 Å². The molecule has 2 nitrogen and oxygen atoms in total. The first-order valence-electron chi connectivity index (χ1n) is 10.6. The molecule has 32 heavy (non-hydrogen) atoms. The molecule has 0 N–H and O–H groups in total. The van der Waals surface area contributed by atoms with Gasteiger partial charge < -0.3 is 0 Å². The first-order valence-corrected chi connectivity index (χ1v) is 10.6. The first-order chi connectivity index (χ1) is 15.4. The van der Waals surface area contributed by atoms with Crippen LogP contribution >= 0.6 is 0 Å². The van der Waals surface area contributed by atoms with Crippen LogP contribution in [0.4, 0.5) is 13.2 Å². The third-order valence-electron chi connectivity index (χ3n) is 6.05. The normalized spacial score (nSPS) is 14.2. The van der Waals surface area contributed by atoms with E-state index in [1.807, 2.05) is 24.3 Å². The summed E-state index contributed by atoms with van der Waals surface area (Å²) in [5.74, 6) is 0. The highest BCUT2D eigenvalue weighted by Crippen LogP contribution is 2.34. The molecule has 0 aliphatic heterocycles. The molecule has 3 aromatic carbocycles. The second kappa shape index (κ2) is 7.90. The lowest BCUT2D eigenvalue weighted by molar-refractivity contribution is -0.136. The van der Waals surface area contributed by atoms with Gasteiger partial charge in [-0.15, -0.1) is 0 Å². The van der Waals surface area contributed by atoms with Gasteiger partial charge in [0, 0.05) is 16.5 Å². The number of aryl methyl sites for hydroxylation is 2. The molecule has 5 rings (SSSR count). The molecule has 4 aromatic rings. The number of pyridine rings is 1. The lowest BCUT2D eigenvalue weighted by atomic mass is 9.96. The van der Waals surface area contributed by atoms with Crippen LogP contribution in [-0.4, -0.2) is 4.98 Å². The van der Waals surface area contributed by atoms with Gasteiger partial charge in [0.05, 0.1) is 11.3 Å². The Kier molecular flexibility index (Phi) is 5.04. The molecule has 5 heteroatoms. The van der Waals surface area contributed by atoms with E-state index in [-0.39, 0.29) is 10.8 Å². The number of benzene rings is 2. The molecule has 1 aromatic heterocycles. The predicted octanol–water partition coefficient (Wildman–Crippen LogP) is 6.82. The fourth-order valence-electron chi connectivity index (χ4n) is 4.40. The molecule has 1 aliphatic carbocycles. The van der Waals surface area contributed by atoms with Gasteiger partial charge in [0.2, 0.25) is 0 Å². The SMILES string of the molecule is O=c1c2cc(C=Cc3ccc4c(n3)CCCC4)ccc2ccc2c(C(F)(F)F)cccc12. The zero-order valence-electron chi connectivity index (χ0n) is 17.2. The van der Waals surface area contributed by atoms with Gasteiger partial charge in [0.1, 0.15) is 0 Å². The van der Waals surface area contributed by atoms with Crippen molar-refractivity contribution in [3.8, 4) is 0 Å². The van der Waals surface area contributed by atoms with Gasteiger partial charge in [-0.3, -0.25) is 9.78 Å². The number of halogens is 3. The molecule has 0 atom stereocenters. The summed E-state index contributed by atoms with van der Waals surface area (Å²) in [5, 5.41) is 0.965. The zero-order valence-corrected chi connectivity index (χ0v) is 17.2. The van der Waals surface area contributed by atoms with E-state index in [2.05, 4.69) is 6.07 Å².